The van der Waals surface area contributed by atoms with E-state index < -0.39 is 5.79 Å². The van der Waals surface area contributed by atoms with Crippen molar-refractivity contribution in [1.29, 1.82) is 0 Å². The lowest BCUT2D eigenvalue weighted by atomic mass is 9.81. The van der Waals surface area contributed by atoms with E-state index in [2.05, 4.69) is 45.0 Å². The number of rotatable bonds is 2. The molecule has 17 heavy (non-hydrogen) atoms. The van der Waals surface area contributed by atoms with Gasteiger partial charge >= 0.3 is 0 Å². The van der Waals surface area contributed by atoms with Gasteiger partial charge < -0.3 is 9.47 Å². The molecule has 0 amide bonds. The topological polar surface area (TPSA) is 18.5 Å². The summed E-state index contributed by atoms with van der Waals surface area (Å²) in [6, 6.07) is 6.34. The Morgan fingerprint density at radius 1 is 1.06 bits per heavy atom. The normalized spacial score (nSPS) is 17.2. The van der Waals surface area contributed by atoms with Crippen molar-refractivity contribution in [3.63, 3.8) is 0 Å². The summed E-state index contributed by atoms with van der Waals surface area (Å²) in [4.78, 5) is 0. The summed E-state index contributed by atoms with van der Waals surface area (Å²) in [5.41, 5.74) is 3.65. The summed E-state index contributed by atoms with van der Waals surface area (Å²) in [7, 11) is 3.37. The van der Waals surface area contributed by atoms with Gasteiger partial charge in [0.1, 0.15) is 0 Å². The highest BCUT2D eigenvalue weighted by atomic mass is 16.7. The van der Waals surface area contributed by atoms with Crippen molar-refractivity contribution < 1.29 is 9.47 Å². The molecule has 1 aliphatic rings. The van der Waals surface area contributed by atoms with Crippen LogP contribution in [0, 0.1) is 0 Å². The number of methoxy groups -OCH3 is 2. The molecule has 1 aromatic carbocycles. The highest BCUT2D eigenvalue weighted by Gasteiger charge is 2.39. The van der Waals surface area contributed by atoms with Gasteiger partial charge in [-0.15, -0.1) is 0 Å². The van der Waals surface area contributed by atoms with E-state index in [1.165, 1.54) is 11.1 Å². The van der Waals surface area contributed by atoms with Crippen molar-refractivity contribution >= 4 is 6.08 Å². The van der Waals surface area contributed by atoms with Crippen molar-refractivity contribution in [2.45, 2.75) is 32.0 Å². The SMILES string of the molecule is COC1(OC)C=Cc2cccc(C(C)(C)C)c21. The van der Waals surface area contributed by atoms with E-state index in [1.54, 1.807) is 14.2 Å². The molecule has 0 unspecified atom stereocenters. The molecule has 2 heteroatoms. The molecular weight excluding hydrogens is 212 g/mol. The Hall–Kier alpha value is -1.12. The third kappa shape index (κ3) is 1.81. The third-order valence-corrected chi connectivity index (χ3v) is 3.34. The minimum absolute atomic E-state index is 0.0691. The average molecular weight is 232 g/mol. The number of ether oxygens (including phenoxy) is 2. The van der Waals surface area contributed by atoms with Gasteiger partial charge in [0.2, 0.25) is 5.79 Å². The Kier molecular flexibility index (Phi) is 2.88. The van der Waals surface area contributed by atoms with Crippen molar-refractivity contribution in [3.05, 3.63) is 41.0 Å². The van der Waals surface area contributed by atoms with Crippen LogP contribution in [0.5, 0.6) is 0 Å². The first-order valence-electron chi connectivity index (χ1n) is 5.88. The fraction of sp³-hybridized carbons (Fsp3) is 0.467. The number of hydrogen-bond acceptors (Lipinski definition) is 2. The number of benzene rings is 1. The number of fused-ring (bicyclic) bond motifs is 1. The van der Waals surface area contributed by atoms with Gasteiger partial charge in [-0.25, -0.2) is 0 Å². The predicted octanol–water partition coefficient (Wildman–Crippen LogP) is 3.46. The minimum Gasteiger partial charge on any atom is -0.346 e. The average Bonchev–Trinajstić information content (AvgIpc) is 2.67. The molecule has 0 radical (unpaired) electrons. The monoisotopic (exact) mass is 232 g/mol. The molecule has 2 rings (SSSR count). The van der Waals surface area contributed by atoms with E-state index in [0.717, 1.165) is 5.56 Å². The van der Waals surface area contributed by atoms with E-state index in [4.69, 9.17) is 9.47 Å². The summed E-state index contributed by atoms with van der Waals surface area (Å²) in [6.07, 6.45) is 4.05. The van der Waals surface area contributed by atoms with Crippen LogP contribution in [0.2, 0.25) is 0 Å². The number of hydrogen-bond donors (Lipinski definition) is 0. The molecule has 0 aliphatic heterocycles. The van der Waals surface area contributed by atoms with Crippen molar-refractivity contribution in [1.82, 2.24) is 0 Å². The minimum atomic E-state index is -0.723. The van der Waals surface area contributed by atoms with Crippen molar-refractivity contribution in [3.8, 4) is 0 Å². The second-order valence-corrected chi connectivity index (χ2v) is 5.43. The maximum absolute atomic E-state index is 5.60. The second kappa shape index (κ2) is 3.97. The first kappa shape index (κ1) is 12.3. The second-order valence-electron chi connectivity index (χ2n) is 5.43. The van der Waals surface area contributed by atoms with Crippen LogP contribution in [0.15, 0.2) is 24.3 Å². The van der Waals surface area contributed by atoms with Gasteiger partial charge in [-0.2, -0.15) is 0 Å². The van der Waals surface area contributed by atoms with Gasteiger partial charge in [0.25, 0.3) is 0 Å². The first-order chi connectivity index (χ1) is 7.94. The van der Waals surface area contributed by atoms with Crippen LogP contribution in [0.3, 0.4) is 0 Å². The third-order valence-electron chi connectivity index (χ3n) is 3.34. The molecular formula is C15H20O2. The molecule has 1 aliphatic carbocycles. The maximum atomic E-state index is 5.60. The summed E-state index contributed by atoms with van der Waals surface area (Å²) >= 11 is 0. The molecule has 0 atom stereocenters. The lowest BCUT2D eigenvalue weighted by Crippen LogP contribution is -2.30. The van der Waals surface area contributed by atoms with Crippen molar-refractivity contribution in [2.24, 2.45) is 0 Å². The van der Waals surface area contributed by atoms with Gasteiger partial charge in [0.05, 0.1) is 0 Å². The Balaban J connectivity index is 2.67. The smallest absolute Gasteiger partial charge is 0.215 e. The Labute approximate surface area is 103 Å². The molecule has 2 nitrogen and oxygen atoms in total. The highest BCUT2D eigenvalue weighted by Crippen LogP contribution is 2.43. The van der Waals surface area contributed by atoms with Crippen LogP contribution >= 0.6 is 0 Å². The highest BCUT2D eigenvalue weighted by molar-refractivity contribution is 5.66. The van der Waals surface area contributed by atoms with Gasteiger partial charge in [-0.05, 0) is 22.6 Å². The molecule has 0 heterocycles. The molecule has 0 fully saturated rings. The molecule has 0 N–H and O–H groups in total. The molecule has 0 saturated carbocycles. The summed E-state index contributed by atoms with van der Waals surface area (Å²) < 4.78 is 11.2. The quantitative estimate of drug-likeness (QED) is 0.727. The Morgan fingerprint density at radius 2 is 1.71 bits per heavy atom. The molecule has 0 bridgehead atoms. The lowest BCUT2D eigenvalue weighted by Gasteiger charge is -2.32. The zero-order valence-corrected chi connectivity index (χ0v) is 11.2. The van der Waals surface area contributed by atoms with Gasteiger partial charge in [0, 0.05) is 19.8 Å². The first-order valence-corrected chi connectivity index (χ1v) is 5.88. The summed E-state index contributed by atoms with van der Waals surface area (Å²) in [5, 5.41) is 0. The standard InChI is InChI=1S/C15H20O2/c1-14(2,3)12-8-6-7-11-9-10-15(16-4,17-5)13(11)12/h6-10H,1-5H3. The fourth-order valence-corrected chi connectivity index (χ4v) is 2.43. The Bertz CT molecular complexity index is 448. The van der Waals surface area contributed by atoms with Crippen LogP contribution in [0.4, 0.5) is 0 Å². The maximum Gasteiger partial charge on any atom is 0.215 e. The van der Waals surface area contributed by atoms with Gasteiger partial charge in [-0.1, -0.05) is 45.0 Å². The fourth-order valence-electron chi connectivity index (χ4n) is 2.43. The van der Waals surface area contributed by atoms with Crippen molar-refractivity contribution in [2.75, 3.05) is 14.2 Å². The molecule has 1 aromatic rings. The largest absolute Gasteiger partial charge is 0.346 e. The molecule has 0 aromatic heterocycles. The molecule has 0 spiro atoms. The zero-order valence-electron chi connectivity index (χ0n) is 11.2. The predicted molar refractivity (Wildman–Crippen MR) is 69.9 cm³/mol. The van der Waals surface area contributed by atoms with Crippen LogP contribution < -0.4 is 0 Å². The van der Waals surface area contributed by atoms with Crippen LogP contribution in [0.1, 0.15) is 37.5 Å². The zero-order chi connectivity index (χ0) is 12.7. The Morgan fingerprint density at radius 3 is 2.24 bits per heavy atom. The van der Waals surface area contributed by atoms with Crippen LogP contribution in [0.25, 0.3) is 6.08 Å². The summed E-state index contributed by atoms with van der Waals surface area (Å²) in [5.74, 6) is -0.723. The van der Waals surface area contributed by atoms with Gasteiger partial charge in [-0.3, -0.25) is 0 Å². The molecule has 0 saturated heterocycles. The van der Waals surface area contributed by atoms with E-state index in [1.807, 2.05) is 6.08 Å². The lowest BCUT2D eigenvalue weighted by molar-refractivity contribution is -0.176. The van der Waals surface area contributed by atoms with E-state index in [-0.39, 0.29) is 5.41 Å². The van der Waals surface area contributed by atoms with Crippen LogP contribution in [-0.4, -0.2) is 14.2 Å². The van der Waals surface area contributed by atoms with E-state index in [9.17, 15) is 0 Å². The van der Waals surface area contributed by atoms with E-state index in [0.29, 0.717) is 0 Å². The van der Waals surface area contributed by atoms with E-state index >= 15 is 0 Å². The molecule has 92 valence electrons. The summed E-state index contributed by atoms with van der Waals surface area (Å²) in [6.45, 7) is 6.62. The van der Waals surface area contributed by atoms with Gasteiger partial charge in [0.15, 0.2) is 0 Å². The van der Waals surface area contributed by atoms with Crippen LogP contribution in [-0.2, 0) is 20.7 Å².